The molecule has 3 aromatic rings. The summed E-state index contributed by atoms with van der Waals surface area (Å²) in [6.07, 6.45) is 2.19. The van der Waals surface area contributed by atoms with E-state index in [9.17, 15) is 4.79 Å². The number of ether oxygens (including phenoxy) is 2. The van der Waals surface area contributed by atoms with Gasteiger partial charge in [-0.2, -0.15) is 0 Å². The first-order valence-electron chi connectivity index (χ1n) is 11.2. The van der Waals surface area contributed by atoms with Gasteiger partial charge in [-0.3, -0.25) is 4.79 Å². The monoisotopic (exact) mass is 488 g/mol. The van der Waals surface area contributed by atoms with Gasteiger partial charge >= 0.3 is 0 Å². The third-order valence-electron chi connectivity index (χ3n) is 5.14. The molecule has 34 heavy (non-hydrogen) atoms. The zero-order valence-corrected chi connectivity index (χ0v) is 21.8. The summed E-state index contributed by atoms with van der Waals surface area (Å²) in [6.45, 7) is 10.6. The van der Waals surface area contributed by atoms with Crippen LogP contribution in [0.2, 0.25) is 5.02 Å². The van der Waals surface area contributed by atoms with Crippen LogP contribution in [0.15, 0.2) is 55.3 Å². The molecule has 1 aromatic heterocycles. The number of aliphatic hydroxyl groups excluding tert-OH is 1. The molecular formula is C27H37ClN2O4. The highest BCUT2D eigenvalue weighted by Crippen LogP contribution is 2.34. The van der Waals surface area contributed by atoms with Crippen molar-refractivity contribution in [3.05, 3.63) is 77.1 Å². The van der Waals surface area contributed by atoms with Crippen molar-refractivity contribution >= 4 is 28.4 Å². The lowest BCUT2D eigenvalue weighted by Crippen LogP contribution is -2.20. The van der Waals surface area contributed by atoms with Crippen molar-refractivity contribution in [2.45, 2.75) is 33.1 Å². The van der Waals surface area contributed by atoms with Gasteiger partial charge in [-0.05, 0) is 48.6 Å². The van der Waals surface area contributed by atoms with E-state index in [1.807, 2.05) is 20.0 Å². The number of aryl methyl sites for hydroxylation is 1. The lowest BCUT2D eigenvalue weighted by atomic mass is 10.0. The molecule has 0 aliphatic carbocycles. The van der Waals surface area contributed by atoms with Gasteiger partial charge in [-0.25, -0.2) is 0 Å². The van der Waals surface area contributed by atoms with E-state index in [0.29, 0.717) is 22.4 Å². The summed E-state index contributed by atoms with van der Waals surface area (Å²) in [7, 11) is 4.99. The van der Waals surface area contributed by atoms with Crippen molar-refractivity contribution in [1.82, 2.24) is 9.88 Å². The Morgan fingerprint density at radius 1 is 1.24 bits per heavy atom. The molecule has 0 unspecified atom stereocenters. The predicted molar refractivity (Wildman–Crippen MR) is 141 cm³/mol. The molecule has 0 aliphatic rings. The van der Waals surface area contributed by atoms with Crippen molar-refractivity contribution < 1.29 is 19.4 Å². The summed E-state index contributed by atoms with van der Waals surface area (Å²) < 4.78 is 11.5. The van der Waals surface area contributed by atoms with Crippen LogP contribution in [0.4, 0.5) is 0 Å². The van der Waals surface area contributed by atoms with Crippen molar-refractivity contribution in [3.8, 4) is 5.75 Å². The molecule has 0 saturated heterocycles. The lowest BCUT2D eigenvalue weighted by Gasteiger charge is -2.05. The number of nitrogens with zero attached hydrogens (tertiary/aromatic N) is 1. The van der Waals surface area contributed by atoms with Gasteiger partial charge in [0.25, 0.3) is 5.91 Å². The molecule has 0 atom stereocenters. The number of benzene rings is 2. The summed E-state index contributed by atoms with van der Waals surface area (Å²) in [5, 5.41) is 12.6. The predicted octanol–water partition coefficient (Wildman–Crippen LogP) is 5.71. The molecule has 0 spiro atoms. The fourth-order valence-corrected chi connectivity index (χ4v) is 3.47. The number of carbonyl (C=O) groups is 1. The van der Waals surface area contributed by atoms with Gasteiger partial charge in [0.1, 0.15) is 11.4 Å². The summed E-state index contributed by atoms with van der Waals surface area (Å²) in [6, 6.07) is 13.9. The third kappa shape index (κ3) is 8.12. The fourth-order valence-electron chi connectivity index (χ4n) is 3.18. The standard InChI is InChI=1S/C12H13ClN2O2.C11H16O.C4H8O/c1-14-12(16)9-6-7-8(15(9)2)4-5-10(17-3)11(7)13;1-9(2)11-5-3-10(4-6-11)7-8-12;1-3-5-4-2/h4-6H,1-3H3,(H,14,16);3-6,9,12H,7-8H2,1-2H3;3H,1,4H2,2H3. The number of fused-ring (bicyclic) bond motifs is 1. The molecule has 1 heterocycles. The summed E-state index contributed by atoms with van der Waals surface area (Å²) in [5.74, 6) is 1.06. The zero-order valence-electron chi connectivity index (χ0n) is 21.0. The highest BCUT2D eigenvalue weighted by Gasteiger charge is 2.15. The first-order valence-corrected chi connectivity index (χ1v) is 11.6. The molecule has 2 N–H and O–H groups in total. The largest absolute Gasteiger partial charge is 0.502 e. The molecule has 0 bridgehead atoms. The Balaban J connectivity index is 0.000000296. The van der Waals surface area contributed by atoms with Gasteiger partial charge in [0, 0.05) is 26.1 Å². The van der Waals surface area contributed by atoms with E-state index >= 15 is 0 Å². The zero-order chi connectivity index (χ0) is 25.7. The number of halogens is 1. The number of aromatic nitrogens is 1. The summed E-state index contributed by atoms with van der Waals surface area (Å²) in [4.78, 5) is 11.7. The van der Waals surface area contributed by atoms with E-state index in [-0.39, 0.29) is 12.5 Å². The minimum atomic E-state index is -0.140. The minimum Gasteiger partial charge on any atom is -0.502 e. The maximum absolute atomic E-state index is 11.7. The normalized spacial score (nSPS) is 10.0. The molecule has 186 valence electrons. The van der Waals surface area contributed by atoms with Crippen LogP contribution in [-0.4, -0.2) is 43.0 Å². The van der Waals surface area contributed by atoms with Gasteiger partial charge in [0.15, 0.2) is 0 Å². The number of hydrogen-bond donors (Lipinski definition) is 2. The second kappa shape index (κ2) is 15.0. The van der Waals surface area contributed by atoms with Crippen molar-refractivity contribution in [2.24, 2.45) is 7.05 Å². The average Bonchev–Trinajstić information content (AvgIpc) is 3.18. The number of nitrogens with one attached hydrogen (secondary N) is 1. The first kappa shape index (κ1) is 29.1. The molecule has 2 aromatic carbocycles. The molecule has 0 saturated carbocycles. The van der Waals surface area contributed by atoms with Crippen molar-refractivity contribution in [1.29, 1.82) is 0 Å². The van der Waals surface area contributed by atoms with E-state index in [1.54, 1.807) is 30.9 Å². The lowest BCUT2D eigenvalue weighted by molar-refractivity contribution is 0.0955. The molecule has 0 radical (unpaired) electrons. The Morgan fingerprint density at radius 3 is 2.32 bits per heavy atom. The Bertz CT molecular complexity index is 1040. The average molecular weight is 489 g/mol. The summed E-state index contributed by atoms with van der Waals surface area (Å²) in [5.41, 5.74) is 4.03. The third-order valence-corrected chi connectivity index (χ3v) is 5.53. The second-order valence-electron chi connectivity index (χ2n) is 7.67. The second-order valence-corrected chi connectivity index (χ2v) is 8.05. The van der Waals surface area contributed by atoms with E-state index in [4.69, 9.17) is 21.4 Å². The maximum Gasteiger partial charge on any atom is 0.267 e. The molecule has 0 aliphatic heterocycles. The molecule has 6 nitrogen and oxygen atoms in total. The fraction of sp³-hybridized carbons (Fsp3) is 0.370. The SMILES string of the molecule is C=COCC.CC(C)c1ccc(CCO)cc1.CNC(=O)c1cc2c(Cl)c(OC)ccc2n1C. The van der Waals surface area contributed by atoms with Crippen LogP contribution in [0.5, 0.6) is 5.75 Å². The molecular weight excluding hydrogens is 452 g/mol. The van der Waals surface area contributed by atoms with Gasteiger partial charge in [0.2, 0.25) is 0 Å². The molecule has 0 fully saturated rings. The Hall–Kier alpha value is -2.96. The summed E-state index contributed by atoms with van der Waals surface area (Å²) >= 11 is 6.20. The number of rotatable bonds is 7. The van der Waals surface area contributed by atoms with E-state index in [2.05, 4.69) is 54.7 Å². The molecule has 7 heteroatoms. The Kier molecular flexibility index (Phi) is 12.9. The topological polar surface area (TPSA) is 72.7 Å². The van der Waals surface area contributed by atoms with E-state index in [1.165, 1.54) is 17.4 Å². The van der Waals surface area contributed by atoms with Crippen LogP contribution in [0.25, 0.3) is 10.9 Å². The van der Waals surface area contributed by atoms with E-state index in [0.717, 1.165) is 23.9 Å². The number of hydrogen-bond acceptors (Lipinski definition) is 4. The number of carbonyl (C=O) groups excluding carboxylic acids is 1. The molecule has 1 amide bonds. The van der Waals surface area contributed by atoms with Crippen LogP contribution in [0.1, 0.15) is 48.3 Å². The van der Waals surface area contributed by atoms with E-state index < -0.39 is 0 Å². The highest BCUT2D eigenvalue weighted by molar-refractivity contribution is 6.37. The number of amides is 1. The Morgan fingerprint density at radius 2 is 1.88 bits per heavy atom. The van der Waals surface area contributed by atoms with Crippen LogP contribution in [0.3, 0.4) is 0 Å². The van der Waals surface area contributed by atoms with Gasteiger partial charge < -0.3 is 24.5 Å². The number of aliphatic hydroxyl groups is 1. The van der Waals surface area contributed by atoms with Crippen LogP contribution < -0.4 is 10.1 Å². The molecule has 3 rings (SSSR count). The minimum absolute atomic E-state index is 0.140. The van der Waals surface area contributed by atoms with Crippen molar-refractivity contribution in [3.63, 3.8) is 0 Å². The maximum atomic E-state index is 11.7. The smallest absolute Gasteiger partial charge is 0.267 e. The van der Waals surface area contributed by atoms with Crippen LogP contribution in [0, 0.1) is 0 Å². The van der Waals surface area contributed by atoms with Gasteiger partial charge in [0.05, 0.1) is 30.5 Å². The number of methoxy groups -OCH3 is 1. The van der Waals surface area contributed by atoms with Gasteiger partial charge in [-0.15, -0.1) is 0 Å². The van der Waals surface area contributed by atoms with Gasteiger partial charge in [-0.1, -0.05) is 56.3 Å². The first-order chi connectivity index (χ1) is 16.2. The highest BCUT2D eigenvalue weighted by atomic mass is 35.5. The van der Waals surface area contributed by atoms with Crippen LogP contribution in [-0.2, 0) is 18.2 Å². The quantitative estimate of drug-likeness (QED) is 0.418. The Labute approximate surface area is 208 Å². The van der Waals surface area contributed by atoms with Crippen LogP contribution >= 0.6 is 11.6 Å². The van der Waals surface area contributed by atoms with Crippen molar-refractivity contribution in [2.75, 3.05) is 27.4 Å².